The molecular weight excluding hydrogens is 359 g/mol. The van der Waals surface area contributed by atoms with Crippen LogP contribution >= 0.6 is 35.1 Å². The van der Waals surface area contributed by atoms with Gasteiger partial charge in [0.2, 0.25) is 0 Å². The van der Waals surface area contributed by atoms with Gasteiger partial charge in [0, 0.05) is 21.9 Å². The summed E-state index contributed by atoms with van der Waals surface area (Å²) < 4.78 is 6.78. The van der Waals surface area contributed by atoms with Crippen molar-refractivity contribution < 1.29 is 4.52 Å². The Hall–Kier alpha value is -1.89. The monoisotopic (exact) mass is 368 g/mol. The zero-order valence-electron chi connectivity index (χ0n) is 11.8. The largest absolute Gasteiger partial charge is 0.448 e. The van der Waals surface area contributed by atoms with E-state index in [4.69, 9.17) is 27.7 Å². The maximum atomic E-state index is 12.4. The lowest BCUT2D eigenvalue weighted by Crippen LogP contribution is -2.26. The molecule has 0 N–H and O–H groups in total. The Morgan fingerprint density at radius 2 is 1.74 bits per heavy atom. The minimum atomic E-state index is -0.821. The van der Waals surface area contributed by atoms with Gasteiger partial charge in [-0.05, 0) is 37.3 Å². The van der Waals surface area contributed by atoms with E-state index in [0.29, 0.717) is 5.02 Å². The average molecular weight is 369 g/mol. The molecule has 0 amide bonds. The van der Waals surface area contributed by atoms with Gasteiger partial charge in [-0.3, -0.25) is 0 Å². The minimum absolute atomic E-state index is 0.185. The van der Waals surface area contributed by atoms with E-state index in [0.717, 1.165) is 31.1 Å². The number of benzene rings is 2. The third-order valence-corrected chi connectivity index (χ3v) is 4.47. The summed E-state index contributed by atoms with van der Waals surface area (Å²) in [4.78, 5) is 25.2. The van der Waals surface area contributed by atoms with Crippen LogP contribution in [0.5, 0.6) is 0 Å². The Morgan fingerprint density at radius 1 is 1.04 bits per heavy atom. The van der Waals surface area contributed by atoms with Gasteiger partial charge in [-0.15, -0.1) is 0 Å². The summed E-state index contributed by atoms with van der Waals surface area (Å²) in [5.41, 5.74) is 0.677. The summed E-state index contributed by atoms with van der Waals surface area (Å²) >= 11 is 12.9. The Bertz CT molecular complexity index is 974. The van der Waals surface area contributed by atoms with Crippen LogP contribution in [0.3, 0.4) is 0 Å². The summed E-state index contributed by atoms with van der Waals surface area (Å²) in [6.45, 7) is 1.96. The lowest BCUT2D eigenvalue weighted by Gasteiger charge is -2.02. The van der Waals surface area contributed by atoms with Crippen molar-refractivity contribution in [1.29, 1.82) is 0 Å². The first kappa shape index (κ1) is 16.0. The molecule has 0 fully saturated rings. The molecule has 0 saturated carbocycles. The van der Waals surface area contributed by atoms with Gasteiger partial charge in [0.25, 0.3) is 0 Å². The van der Waals surface area contributed by atoms with E-state index < -0.39 is 11.4 Å². The smallest absolute Gasteiger partial charge is 0.305 e. The van der Waals surface area contributed by atoms with E-state index in [9.17, 15) is 9.59 Å². The lowest BCUT2D eigenvalue weighted by molar-refractivity contribution is 0.351. The van der Waals surface area contributed by atoms with Gasteiger partial charge >= 0.3 is 11.4 Å². The molecule has 23 heavy (non-hydrogen) atoms. The van der Waals surface area contributed by atoms with Gasteiger partial charge in [0.1, 0.15) is 0 Å². The van der Waals surface area contributed by atoms with Crippen LogP contribution in [0.2, 0.25) is 10.0 Å². The highest BCUT2D eigenvalue weighted by molar-refractivity contribution is 7.97. The molecule has 0 unspecified atom stereocenters. The van der Waals surface area contributed by atoms with Gasteiger partial charge in [0.15, 0.2) is 0 Å². The Balaban J connectivity index is 2.04. The second-order valence-electron chi connectivity index (χ2n) is 4.73. The Morgan fingerprint density at radius 3 is 2.39 bits per heavy atom. The molecule has 0 saturated heterocycles. The molecule has 0 aliphatic heterocycles. The molecular formula is C15H10Cl2N2O3S. The average Bonchev–Trinajstić information content (AvgIpc) is 2.77. The Kier molecular flexibility index (Phi) is 4.39. The van der Waals surface area contributed by atoms with Crippen LogP contribution in [0.4, 0.5) is 0 Å². The van der Waals surface area contributed by atoms with Crippen LogP contribution in [-0.2, 0) is 0 Å². The van der Waals surface area contributed by atoms with E-state index in [1.807, 2.05) is 31.2 Å². The predicted molar refractivity (Wildman–Crippen MR) is 91.0 cm³/mol. The third kappa shape index (κ3) is 3.24. The van der Waals surface area contributed by atoms with Crippen LogP contribution in [0.1, 0.15) is 5.56 Å². The van der Waals surface area contributed by atoms with E-state index in [1.165, 1.54) is 12.1 Å². The molecule has 0 radical (unpaired) electrons. The predicted octanol–water partition coefficient (Wildman–Crippen LogP) is 3.76. The molecule has 5 nitrogen and oxygen atoms in total. The quantitative estimate of drug-likeness (QED) is 0.705. The first-order chi connectivity index (χ1) is 11.0. The molecule has 8 heteroatoms. The third-order valence-electron chi connectivity index (χ3n) is 3.05. The van der Waals surface area contributed by atoms with Gasteiger partial charge < -0.3 is 4.52 Å². The minimum Gasteiger partial charge on any atom is -0.305 e. The maximum Gasteiger partial charge on any atom is 0.448 e. The molecule has 1 heterocycles. The lowest BCUT2D eigenvalue weighted by atomic mass is 10.2. The standard InChI is InChI=1S/C15H10Cl2N2O3S/c1-9-2-5-11(6-3-9)23-19-14(20)18(15(21)22-19)13-7-4-10(16)8-12(13)17/h2-8H,1H3. The number of aromatic nitrogens is 2. The van der Waals surface area contributed by atoms with Crippen molar-refractivity contribution in [2.75, 3.05) is 0 Å². The number of aryl methyl sites for hydroxylation is 1. The summed E-state index contributed by atoms with van der Waals surface area (Å²) in [6.07, 6.45) is 0. The number of halogens is 2. The number of rotatable bonds is 3. The van der Waals surface area contributed by atoms with Crippen molar-refractivity contribution in [2.45, 2.75) is 11.8 Å². The summed E-state index contributed by atoms with van der Waals surface area (Å²) in [6, 6.07) is 12.0. The van der Waals surface area contributed by atoms with Crippen molar-refractivity contribution >= 4 is 35.1 Å². The fourth-order valence-corrected chi connectivity index (χ4v) is 3.13. The highest BCUT2D eigenvalue weighted by Gasteiger charge is 2.17. The number of hydrogen-bond acceptors (Lipinski definition) is 4. The van der Waals surface area contributed by atoms with Crippen LogP contribution in [-0.4, -0.2) is 8.71 Å². The molecule has 3 aromatic rings. The normalized spacial score (nSPS) is 10.9. The van der Waals surface area contributed by atoms with Crippen molar-refractivity contribution in [3.63, 3.8) is 0 Å². The molecule has 1 aromatic heterocycles. The fourth-order valence-electron chi connectivity index (χ4n) is 1.93. The number of nitrogens with zero attached hydrogens (tertiary/aromatic N) is 2. The van der Waals surface area contributed by atoms with Gasteiger partial charge in [-0.25, -0.2) is 9.59 Å². The van der Waals surface area contributed by atoms with Crippen molar-refractivity contribution in [1.82, 2.24) is 8.71 Å². The molecule has 3 rings (SSSR count). The molecule has 0 spiro atoms. The van der Waals surface area contributed by atoms with E-state index >= 15 is 0 Å². The van der Waals surface area contributed by atoms with Gasteiger partial charge in [0.05, 0.1) is 10.7 Å². The molecule has 0 bridgehead atoms. The van der Waals surface area contributed by atoms with E-state index in [-0.39, 0.29) is 10.7 Å². The summed E-state index contributed by atoms with van der Waals surface area (Å²) in [7, 11) is 0. The van der Waals surface area contributed by atoms with Crippen molar-refractivity contribution in [2.24, 2.45) is 0 Å². The number of hydrogen-bond donors (Lipinski definition) is 0. The highest BCUT2D eigenvalue weighted by Crippen LogP contribution is 2.23. The topological polar surface area (TPSA) is 57.1 Å². The van der Waals surface area contributed by atoms with Crippen LogP contribution in [0.25, 0.3) is 5.69 Å². The first-order valence-electron chi connectivity index (χ1n) is 6.51. The van der Waals surface area contributed by atoms with Crippen molar-refractivity contribution in [3.8, 4) is 5.69 Å². The Labute approximate surface area is 145 Å². The molecule has 118 valence electrons. The summed E-state index contributed by atoms with van der Waals surface area (Å²) in [5.74, 6) is -0.821. The van der Waals surface area contributed by atoms with Crippen LogP contribution in [0.15, 0.2) is 61.5 Å². The van der Waals surface area contributed by atoms with Crippen LogP contribution in [0, 0.1) is 6.92 Å². The van der Waals surface area contributed by atoms with Gasteiger partial charge in [-0.1, -0.05) is 45.0 Å². The van der Waals surface area contributed by atoms with E-state index in [2.05, 4.69) is 0 Å². The maximum absolute atomic E-state index is 12.4. The molecule has 0 aliphatic carbocycles. The second kappa shape index (κ2) is 6.31. The fraction of sp³-hybridized carbons (Fsp3) is 0.0667. The SMILES string of the molecule is Cc1ccc(Sn2oc(=O)n(-c3ccc(Cl)cc3Cl)c2=O)cc1. The van der Waals surface area contributed by atoms with Crippen LogP contribution < -0.4 is 11.4 Å². The molecule has 0 aliphatic rings. The first-order valence-corrected chi connectivity index (χ1v) is 8.04. The highest BCUT2D eigenvalue weighted by atomic mass is 35.5. The molecule has 2 aromatic carbocycles. The van der Waals surface area contributed by atoms with Crippen molar-refractivity contribution in [3.05, 3.63) is 79.1 Å². The zero-order valence-corrected chi connectivity index (χ0v) is 14.2. The van der Waals surface area contributed by atoms with E-state index in [1.54, 1.807) is 6.07 Å². The summed E-state index contributed by atoms with van der Waals surface area (Å²) in [5, 5.41) is 0.592. The zero-order chi connectivity index (χ0) is 16.6. The molecule has 0 atom stereocenters. The second-order valence-corrected chi connectivity index (χ2v) is 6.56. The van der Waals surface area contributed by atoms with Gasteiger partial charge in [-0.2, -0.15) is 4.57 Å².